The molecular weight excluding hydrogens is 316 g/mol. The molecule has 0 radical (unpaired) electrons. The summed E-state index contributed by atoms with van der Waals surface area (Å²) in [6.07, 6.45) is 1.18. The van der Waals surface area contributed by atoms with Gasteiger partial charge in [0.25, 0.3) is 0 Å². The first kappa shape index (κ1) is 15.8. The summed E-state index contributed by atoms with van der Waals surface area (Å²) < 4.78 is 24.4. The molecule has 1 aromatic heterocycles. The number of carbonyl (C=O) groups is 1. The molecule has 1 saturated heterocycles. The molecular formula is C12H15ClN4O3S. The zero-order valence-corrected chi connectivity index (χ0v) is 13.4. The van der Waals surface area contributed by atoms with Gasteiger partial charge in [0.15, 0.2) is 5.82 Å². The minimum atomic E-state index is -3.83. The van der Waals surface area contributed by atoms with Crippen LogP contribution in [0.15, 0.2) is 6.20 Å². The predicted molar refractivity (Wildman–Crippen MR) is 77.5 cm³/mol. The summed E-state index contributed by atoms with van der Waals surface area (Å²) in [5.41, 5.74) is -0.228. The Kier molecular flexibility index (Phi) is 3.76. The van der Waals surface area contributed by atoms with Crippen molar-refractivity contribution in [2.45, 2.75) is 38.0 Å². The number of rotatable bonds is 2. The van der Waals surface area contributed by atoms with Gasteiger partial charge < -0.3 is 0 Å². The lowest BCUT2D eigenvalue weighted by atomic mass is 10.1. The molecule has 9 heteroatoms. The summed E-state index contributed by atoms with van der Waals surface area (Å²) in [6.45, 7) is 5.56. The molecule has 1 aliphatic rings. The minimum Gasteiger partial charge on any atom is -0.294 e. The average molecular weight is 331 g/mol. The van der Waals surface area contributed by atoms with E-state index in [1.54, 1.807) is 4.68 Å². The van der Waals surface area contributed by atoms with Crippen molar-refractivity contribution >= 4 is 31.5 Å². The van der Waals surface area contributed by atoms with Crippen molar-refractivity contribution in [3.63, 3.8) is 0 Å². The molecule has 0 aromatic carbocycles. The van der Waals surface area contributed by atoms with Crippen molar-refractivity contribution in [1.82, 2.24) is 9.78 Å². The maximum atomic E-state index is 12.1. The number of halogens is 1. The quantitative estimate of drug-likeness (QED) is 0.759. The summed E-state index contributed by atoms with van der Waals surface area (Å²) in [5, 5.41) is 12.4. The van der Waals surface area contributed by atoms with Crippen molar-refractivity contribution in [2.75, 3.05) is 11.4 Å². The van der Waals surface area contributed by atoms with Crippen molar-refractivity contribution in [2.24, 2.45) is 0 Å². The summed E-state index contributed by atoms with van der Waals surface area (Å²) in [7, 11) is 1.51. The van der Waals surface area contributed by atoms with Crippen LogP contribution < -0.4 is 4.90 Å². The Morgan fingerprint density at radius 2 is 2.10 bits per heavy atom. The molecule has 0 spiro atoms. The van der Waals surface area contributed by atoms with E-state index in [0.717, 1.165) is 0 Å². The van der Waals surface area contributed by atoms with Gasteiger partial charge in [-0.15, -0.1) is 0 Å². The van der Waals surface area contributed by atoms with Crippen molar-refractivity contribution in [3.05, 3.63) is 11.8 Å². The fourth-order valence-electron chi connectivity index (χ4n) is 2.24. The second-order valence-electron chi connectivity index (χ2n) is 5.88. The maximum Gasteiger partial charge on any atom is 0.237 e. The molecule has 1 fully saturated rings. The Balaban J connectivity index is 2.51. The topological polar surface area (TPSA) is 96.1 Å². The highest BCUT2D eigenvalue weighted by Gasteiger charge is 2.41. The lowest BCUT2D eigenvalue weighted by molar-refractivity contribution is -0.117. The molecule has 0 saturated carbocycles. The molecule has 7 nitrogen and oxygen atoms in total. The van der Waals surface area contributed by atoms with Gasteiger partial charge in [-0.2, -0.15) is 10.4 Å². The third-order valence-corrected chi connectivity index (χ3v) is 5.11. The van der Waals surface area contributed by atoms with Gasteiger partial charge in [0.2, 0.25) is 15.0 Å². The van der Waals surface area contributed by atoms with E-state index < -0.39 is 19.8 Å². The van der Waals surface area contributed by atoms with Crippen LogP contribution in [0.25, 0.3) is 0 Å². The van der Waals surface area contributed by atoms with E-state index in [2.05, 4.69) is 5.10 Å². The Hall–Kier alpha value is -1.59. The average Bonchev–Trinajstić information content (AvgIpc) is 2.89. The molecule has 1 unspecified atom stereocenters. The fourth-order valence-corrected chi connectivity index (χ4v) is 3.27. The summed E-state index contributed by atoms with van der Waals surface area (Å²) in [5.74, 6) is -0.0652. The van der Waals surface area contributed by atoms with Gasteiger partial charge in [0.05, 0.1) is 11.7 Å². The molecule has 1 atom stereocenters. The highest BCUT2D eigenvalue weighted by atomic mass is 35.7. The molecule has 0 aliphatic carbocycles. The first-order valence-corrected chi connectivity index (χ1v) is 8.65. The Labute approximate surface area is 127 Å². The van der Waals surface area contributed by atoms with Gasteiger partial charge in [-0.3, -0.25) is 9.69 Å². The number of hydrogen-bond donors (Lipinski definition) is 0. The molecule has 1 amide bonds. The van der Waals surface area contributed by atoms with Crippen LogP contribution in [-0.2, 0) is 19.4 Å². The van der Waals surface area contributed by atoms with Crippen molar-refractivity contribution in [3.8, 4) is 6.07 Å². The summed E-state index contributed by atoms with van der Waals surface area (Å²) >= 11 is 0. The van der Waals surface area contributed by atoms with E-state index in [0.29, 0.717) is 5.82 Å². The number of carbonyl (C=O) groups excluding carboxylic acids is 1. The van der Waals surface area contributed by atoms with E-state index in [-0.39, 0.29) is 24.4 Å². The first-order valence-electron chi connectivity index (χ1n) is 6.28. The number of aromatic nitrogens is 2. The predicted octanol–water partition coefficient (Wildman–Crippen LogP) is 1.18. The van der Waals surface area contributed by atoms with Crippen LogP contribution in [0, 0.1) is 11.3 Å². The molecule has 114 valence electrons. The number of nitrogens with zero attached hydrogens (tertiary/aromatic N) is 4. The smallest absolute Gasteiger partial charge is 0.237 e. The zero-order chi connectivity index (χ0) is 16.0. The highest BCUT2D eigenvalue weighted by Crippen LogP contribution is 2.32. The number of anilines is 1. The largest absolute Gasteiger partial charge is 0.294 e. The van der Waals surface area contributed by atoms with E-state index in [9.17, 15) is 18.5 Å². The van der Waals surface area contributed by atoms with E-state index >= 15 is 0 Å². The van der Waals surface area contributed by atoms with Crippen LogP contribution in [0.1, 0.15) is 32.8 Å². The fraction of sp³-hybridized carbons (Fsp3) is 0.583. The number of amides is 1. The SMILES string of the molecule is CC(C)(C)n1ncc(C#N)c1N1CC(S(=O)(=O)Cl)CC1=O. The van der Waals surface area contributed by atoms with Crippen LogP contribution in [0.3, 0.4) is 0 Å². The van der Waals surface area contributed by atoms with Gasteiger partial charge in [0, 0.05) is 23.6 Å². The van der Waals surface area contributed by atoms with Crippen LogP contribution in [0.5, 0.6) is 0 Å². The van der Waals surface area contributed by atoms with Crippen LogP contribution in [0.2, 0.25) is 0 Å². The Morgan fingerprint density at radius 1 is 1.48 bits per heavy atom. The third-order valence-electron chi connectivity index (χ3n) is 3.24. The van der Waals surface area contributed by atoms with Crippen molar-refractivity contribution < 1.29 is 13.2 Å². The summed E-state index contributed by atoms with van der Waals surface area (Å²) in [4.78, 5) is 13.4. The second kappa shape index (κ2) is 5.00. The van der Waals surface area contributed by atoms with Crippen molar-refractivity contribution in [1.29, 1.82) is 5.26 Å². The lowest BCUT2D eigenvalue weighted by Gasteiger charge is -2.26. The molecule has 2 heterocycles. The lowest BCUT2D eigenvalue weighted by Crippen LogP contribution is -2.34. The first-order chi connectivity index (χ1) is 9.55. The number of hydrogen-bond acceptors (Lipinski definition) is 5. The zero-order valence-electron chi connectivity index (χ0n) is 11.9. The van der Waals surface area contributed by atoms with Crippen LogP contribution in [-0.4, -0.2) is 35.9 Å². The molecule has 1 aromatic rings. The highest BCUT2D eigenvalue weighted by molar-refractivity contribution is 8.14. The van der Waals surface area contributed by atoms with Gasteiger partial charge in [-0.05, 0) is 20.8 Å². The standard InChI is InChI=1S/C12H15ClN4O3S/c1-12(2,3)17-11(8(5-14)6-15-17)16-7-9(4-10(16)18)21(13,19)20/h6,9H,4,7H2,1-3H3. The summed E-state index contributed by atoms with van der Waals surface area (Å²) in [6, 6.07) is 1.98. The maximum absolute atomic E-state index is 12.1. The minimum absolute atomic E-state index is 0.0683. The van der Waals surface area contributed by atoms with Crippen LogP contribution in [0.4, 0.5) is 5.82 Å². The molecule has 0 bridgehead atoms. The molecule has 2 rings (SSSR count). The van der Waals surface area contributed by atoms with Gasteiger partial charge in [-0.1, -0.05) is 0 Å². The second-order valence-corrected chi connectivity index (χ2v) is 8.79. The van der Waals surface area contributed by atoms with E-state index in [1.807, 2.05) is 26.8 Å². The van der Waals surface area contributed by atoms with Gasteiger partial charge >= 0.3 is 0 Å². The monoisotopic (exact) mass is 330 g/mol. The molecule has 1 aliphatic heterocycles. The Bertz CT molecular complexity index is 727. The number of nitriles is 1. The van der Waals surface area contributed by atoms with Crippen LogP contribution >= 0.6 is 10.7 Å². The Morgan fingerprint density at radius 3 is 2.52 bits per heavy atom. The third kappa shape index (κ3) is 2.89. The normalized spacial score (nSPS) is 19.9. The van der Waals surface area contributed by atoms with Gasteiger partial charge in [0.1, 0.15) is 16.9 Å². The van der Waals surface area contributed by atoms with E-state index in [4.69, 9.17) is 10.7 Å². The molecule has 21 heavy (non-hydrogen) atoms. The van der Waals surface area contributed by atoms with E-state index in [1.165, 1.54) is 11.1 Å². The van der Waals surface area contributed by atoms with Gasteiger partial charge in [-0.25, -0.2) is 13.1 Å². The molecule has 0 N–H and O–H groups in total.